The van der Waals surface area contributed by atoms with E-state index in [0.29, 0.717) is 4.90 Å². The smallest absolute Gasteiger partial charge is 0.327 e. The summed E-state index contributed by atoms with van der Waals surface area (Å²) in [7, 11) is 0. The predicted octanol–water partition coefficient (Wildman–Crippen LogP) is 2.29. The van der Waals surface area contributed by atoms with E-state index >= 15 is 0 Å². The zero-order chi connectivity index (χ0) is 15.7. The monoisotopic (exact) mass is 317 g/mol. The average molecular weight is 317 g/mol. The maximum atomic E-state index is 12.4. The molecule has 0 saturated carbocycles. The van der Waals surface area contributed by atoms with Gasteiger partial charge in [0.1, 0.15) is 6.10 Å². The molecule has 0 spiro atoms. The van der Waals surface area contributed by atoms with Crippen molar-refractivity contribution in [3.05, 3.63) is 58.7 Å². The molecule has 0 amide bonds. The molecule has 0 radical (unpaired) electrons. The quantitative estimate of drug-likeness (QED) is 0.368. The van der Waals surface area contributed by atoms with E-state index in [1.807, 2.05) is 0 Å². The number of non-ortho nitro benzene ring substituents is 1. The van der Waals surface area contributed by atoms with Gasteiger partial charge in [0.2, 0.25) is 0 Å². The molecule has 1 saturated heterocycles. The average Bonchev–Trinajstić information content (AvgIpc) is 2.52. The number of hydrogen-bond acceptors (Lipinski definition) is 6. The number of carbonyl (C=O) groups is 2. The van der Waals surface area contributed by atoms with Gasteiger partial charge in [0.05, 0.1) is 10.8 Å². The maximum Gasteiger partial charge on any atom is 0.327 e. The Hall–Kier alpha value is -2.41. The predicted molar refractivity (Wildman–Crippen MR) is 79.4 cm³/mol. The van der Waals surface area contributed by atoms with Crippen LogP contribution in [0.2, 0.25) is 0 Å². The number of nitro benzene ring substituents is 1. The Kier molecular flexibility index (Phi) is 3.81. The molecule has 0 bridgehead atoms. The van der Waals surface area contributed by atoms with Crippen LogP contribution in [0.3, 0.4) is 0 Å². The Morgan fingerprint density at radius 2 is 1.77 bits per heavy atom. The van der Waals surface area contributed by atoms with Gasteiger partial charge in [0.15, 0.2) is 11.0 Å². The maximum absolute atomic E-state index is 12.4. The zero-order valence-corrected chi connectivity index (χ0v) is 12.1. The first-order chi connectivity index (χ1) is 10.6. The van der Waals surface area contributed by atoms with Gasteiger partial charge in [-0.25, -0.2) is 0 Å². The third kappa shape index (κ3) is 2.67. The number of fused-ring (bicyclic) bond motifs is 1. The van der Waals surface area contributed by atoms with Crippen molar-refractivity contribution in [2.24, 2.45) is 5.92 Å². The summed E-state index contributed by atoms with van der Waals surface area (Å²) in [5.74, 6) is -1.24. The van der Waals surface area contributed by atoms with Gasteiger partial charge < -0.3 is 4.74 Å². The van der Waals surface area contributed by atoms with Crippen LogP contribution in [0.1, 0.15) is 0 Å². The summed E-state index contributed by atoms with van der Waals surface area (Å²) in [5.41, 5.74) is -0.0395. The van der Waals surface area contributed by atoms with Crippen LogP contribution >= 0.6 is 11.8 Å². The topological polar surface area (TPSA) is 86.5 Å². The minimum Gasteiger partial charge on any atom is -0.456 e. The van der Waals surface area contributed by atoms with Crippen molar-refractivity contribution in [1.82, 2.24) is 0 Å². The lowest BCUT2D eigenvalue weighted by Gasteiger charge is -2.31. The van der Waals surface area contributed by atoms with E-state index in [1.165, 1.54) is 24.3 Å². The highest BCUT2D eigenvalue weighted by Gasteiger charge is 2.44. The lowest BCUT2D eigenvalue weighted by Crippen LogP contribution is -2.46. The molecule has 1 aliphatic heterocycles. The first kappa shape index (κ1) is 14.5. The van der Waals surface area contributed by atoms with Crippen molar-refractivity contribution < 1.29 is 19.2 Å². The first-order valence-corrected chi connectivity index (χ1v) is 7.44. The van der Waals surface area contributed by atoms with E-state index in [0.717, 1.165) is 11.8 Å². The van der Waals surface area contributed by atoms with Crippen LogP contribution in [0.15, 0.2) is 53.5 Å². The number of rotatable bonds is 3. The summed E-state index contributed by atoms with van der Waals surface area (Å²) in [4.78, 5) is 35.2. The number of allylic oxidation sites excluding steroid dienone is 2. The van der Waals surface area contributed by atoms with Crippen molar-refractivity contribution in [2.75, 3.05) is 0 Å². The molecular weight excluding hydrogens is 306 g/mol. The fourth-order valence-corrected chi connectivity index (χ4v) is 3.32. The fourth-order valence-electron chi connectivity index (χ4n) is 2.33. The second kappa shape index (κ2) is 5.76. The SMILES string of the molecule is O=C1O[C@H]2C=CC=C[C@H]2C(=O)[C@H]1Sc1ccc([N+](=O)[O-])cc1. The molecule has 1 fully saturated rings. The minimum absolute atomic E-state index is 0.0395. The van der Waals surface area contributed by atoms with E-state index in [2.05, 4.69) is 0 Å². The molecule has 7 heteroatoms. The number of esters is 1. The number of benzene rings is 1. The first-order valence-electron chi connectivity index (χ1n) is 6.56. The zero-order valence-electron chi connectivity index (χ0n) is 11.2. The number of Topliss-reactive ketones (excluding diaryl/α,β-unsaturated/α-hetero) is 1. The number of ether oxygens (including phenoxy) is 1. The van der Waals surface area contributed by atoms with Crippen molar-refractivity contribution >= 4 is 29.2 Å². The van der Waals surface area contributed by atoms with Gasteiger partial charge in [0.25, 0.3) is 5.69 Å². The van der Waals surface area contributed by atoms with Gasteiger partial charge in [-0.15, -0.1) is 11.8 Å². The number of ketones is 1. The molecule has 1 aliphatic carbocycles. The molecule has 112 valence electrons. The fraction of sp³-hybridized carbons (Fsp3) is 0.200. The number of thioether (sulfide) groups is 1. The third-order valence-corrected chi connectivity index (χ3v) is 4.64. The van der Waals surface area contributed by atoms with Crippen molar-refractivity contribution in [1.29, 1.82) is 0 Å². The van der Waals surface area contributed by atoms with Crippen molar-refractivity contribution in [3.63, 3.8) is 0 Å². The summed E-state index contributed by atoms with van der Waals surface area (Å²) in [6, 6.07) is 5.72. The molecule has 1 aromatic carbocycles. The second-order valence-corrected chi connectivity index (χ2v) is 6.03. The minimum atomic E-state index is -0.946. The van der Waals surface area contributed by atoms with Crippen LogP contribution in [-0.2, 0) is 14.3 Å². The van der Waals surface area contributed by atoms with Crippen LogP contribution in [0, 0.1) is 16.0 Å². The Balaban J connectivity index is 1.78. The summed E-state index contributed by atoms with van der Waals surface area (Å²) < 4.78 is 5.28. The van der Waals surface area contributed by atoms with Crippen LogP contribution in [-0.4, -0.2) is 28.0 Å². The molecule has 1 aromatic rings. The second-order valence-electron chi connectivity index (χ2n) is 4.85. The lowest BCUT2D eigenvalue weighted by atomic mass is 9.89. The molecular formula is C15H11NO5S. The van der Waals surface area contributed by atoms with Crippen LogP contribution in [0.4, 0.5) is 5.69 Å². The van der Waals surface area contributed by atoms with Gasteiger partial charge in [-0.2, -0.15) is 0 Å². The molecule has 22 heavy (non-hydrogen) atoms. The van der Waals surface area contributed by atoms with E-state index in [4.69, 9.17) is 4.74 Å². The largest absolute Gasteiger partial charge is 0.456 e. The molecule has 6 nitrogen and oxygen atoms in total. The summed E-state index contributed by atoms with van der Waals surface area (Å²) >= 11 is 1.05. The van der Waals surface area contributed by atoms with Crippen LogP contribution < -0.4 is 0 Å². The number of carbonyl (C=O) groups excluding carboxylic acids is 2. The van der Waals surface area contributed by atoms with Gasteiger partial charge in [-0.1, -0.05) is 18.2 Å². The van der Waals surface area contributed by atoms with Crippen LogP contribution in [0.25, 0.3) is 0 Å². The summed E-state index contributed by atoms with van der Waals surface area (Å²) in [6.45, 7) is 0. The summed E-state index contributed by atoms with van der Waals surface area (Å²) in [5, 5.41) is 9.67. The third-order valence-electron chi connectivity index (χ3n) is 3.44. The normalized spacial score (nSPS) is 26.5. The molecule has 0 N–H and O–H groups in total. The highest BCUT2D eigenvalue weighted by molar-refractivity contribution is 8.01. The number of hydrogen-bond donors (Lipinski definition) is 0. The molecule has 3 atom stereocenters. The highest BCUT2D eigenvalue weighted by atomic mass is 32.2. The Bertz CT molecular complexity index is 694. The molecule has 1 heterocycles. The number of nitrogens with zero attached hydrogens (tertiary/aromatic N) is 1. The Morgan fingerprint density at radius 3 is 2.45 bits per heavy atom. The van der Waals surface area contributed by atoms with E-state index in [-0.39, 0.29) is 11.5 Å². The van der Waals surface area contributed by atoms with Crippen molar-refractivity contribution in [2.45, 2.75) is 16.2 Å². The molecule has 3 rings (SSSR count). The lowest BCUT2D eigenvalue weighted by molar-refractivity contribution is -0.384. The van der Waals surface area contributed by atoms with Gasteiger partial charge in [0, 0.05) is 17.0 Å². The molecule has 0 aromatic heterocycles. The van der Waals surface area contributed by atoms with Gasteiger partial charge in [-0.05, 0) is 18.2 Å². The Morgan fingerprint density at radius 1 is 1.09 bits per heavy atom. The van der Waals surface area contributed by atoms with Crippen molar-refractivity contribution in [3.8, 4) is 0 Å². The van der Waals surface area contributed by atoms with E-state index in [9.17, 15) is 19.7 Å². The summed E-state index contributed by atoms with van der Waals surface area (Å²) in [6.07, 6.45) is 6.38. The molecule has 0 unspecified atom stereocenters. The van der Waals surface area contributed by atoms with Gasteiger partial charge in [-0.3, -0.25) is 19.7 Å². The van der Waals surface area contributed by atoms with Crippen LogP contribution in [0.5, 0.6) is 0 Å². The highest BCUT2D eigenvalue weighted by Crippen LogP contribution is 2.34. The van der Waals surface area contributed by atoms with E-state index < -0.39 is 28.2 Å². The molecule has 2 aliphatic rings. The number of nitro groups is 1. The van der Waals surface area contributed by atoms with Gasteiger partial charge >= 0.3 is 5.97 Å². The Labute approximate surface area is 130 Å². The van der Waals surface area contributed by atoms with E-state index in [1.54, 1.807) is 24.3 Å². The standard InChI is InChI=1S/C15H11NO5S/c17-13-11-3-1-2-4-12(11)21-15(18)14(13)22-10-7-5-9(6-8-10)16(19)20/h1-8,11-12,14H/t11-,12+,14-/m1/s1.